The lowest BCUT2D eigenvalue weighted by Crippen LogP contribution is -2.10. The number of aliphatic carboxylic acids is 1. The van der Waals surface area contributed by atoms with Crippen LogP contribution in [0, 0.1) is 0 Å². The predicted molar refractivity (Wildman–Crippen MR) is 70.2 cm³/mol. The second kappa shape index (κ2) is 5.82. The highest BCUT2D eigenvalue weighted by Crippen LogP contribution is 2.15. The van der Waals surface area contributed by atoms with E-state index in [-0.39, 0.29) is 0 Å². The van der Waals surface area contributed by atoms with Crippen molar-refractivity contribution in [2.24, 2.45) is 0 Å². The molecule has 2 aromatic rings. The van der Waals surface area contributed by atoms with E-state index in [1.54, 1.807) is 6.20 Å². The molecular weight excluding hydrogens is 228 g/mol. The highest BCUT2D eigenvalue weighted by molar-refractivity contribution is 5.81. The van der Waals surface area contributed by atoms with Crippen molar-refractivity contribution in [3.05, 3.63) is 54.4 Å². The molecule has 0 spiro atoms. The lowest BCUT2D eigenvalue weighted by Gasteiger charge is -2.05. The molecule has 0 amide bonds. The molecule has 0 radical (unpaired) electrons. The van der Waals surface area contributed by atoms with Crippen LogP contribution in [0.4, 0.5) is 0 Å². The summed E-state index contributed by atoms with van der Waals surface area (Å²) in [6, 6.07) is 10.0. The van der Waals surface area contributed by atoms with Gasteiger partial charge in [0.15, 0.2) is 0 Å². The van der Waals surface area contributed by atoms with E-state index < -0.39 is 5.97 Å². The van der Waals surface area contributed by atoms with Crippen molar-refractivity contribution in [2.45, 2.75) is 6.42 Å². The van der Waals surface area contributed by atoms with Crippen LogP contribution in [-0.4, -0.2) is 22.6 Å². The first kappa shape index (κ1) is 12.1. The van der Waals surface area contributed by atoms with E-state index in [1.165, 1.54) is 6.20 Å². The van der Waals surface area contributed by atoms with Gasteiger partial charge in [-0.25, -0.2) is 4.79 Å². The Kier molecular flexibility index (Phi) is 3.91. The summed E-state index contributed by atoms with van der Waals surface area (Å²) in [6.07, 6.45) is 5.12. The van der Waals surface area contributed by atoms with Gasteiger partial charge in [0.1, 0.15) is 0 Å². The number of hydrogen-bond donors (Lipinski definition) is 2. The maximum Gasteiger partial charge on any atom is 0.329 e. The fourth-order valence-corrected chi connectivity index (χ4v) is 1.79. The van der Waals surface area contributed by atoms with Gasteiger partial charge in [0.25, 0.3) is 0 Å². The minimum atomic E-state index is -0.950. The molecule has 0 aliphatic rings. The summed E-state index contributed by atoms with van der Waals surface area (Å²) < 4.78 is 0. The maximum atomic E-state index is 10.3. The molecule has 2 rings (SSSR count). The third-order valence-electron chi connectivity index (χ3n) is 2.60. The number of benzene rings is 1. The van der Waals surface area contributed by atoms with Crippen LogP contribution in [-0.2, 0) is 11.2 Å². The van der Waals surface area contributed by atoms with Crippen LogP contribution in [0.25, 0.3) is 10.9 Å². The molecule has 0 aliphatic carbocycles. The molecule has 0 saturated carbocycles. The molecule has 92 valence electrons. The van der Waals surface area contributed by atoms with Crippen LogP contribution in [0.1, 0.15) is 5.56 Å². The maximum absolute atomic E-state index is 10.3. The largest absolute Gasteiger partial charge is 0.478 e. The van der Waals surface area contributed by atoms with Gasteiger partial charge in [-0.05, 0) is 18.1 Å². The number of nitrogens with one attached hydrogen (secondary N) is 1. The molecule has 0 fully saturated rings. The van der Waals surface area contributed by atoms with Crippen molar-refractivity contribution in [3.63, 3.8) is 0 Å². The third kappa shape index (κ3) is 3.07. The Labute approximate surface area is 105 Å². The summed E-state index contributed by atoms with van der Waals surface area (Å²) in [5, 5.41) is 12.5. The SMILES string of the molecule is O=C(O)/C=C/NCCc1cccc2cccnc12. The number of rotatable bonds is 5. The quantitative estimate of drug-likeness (QED) is 0.621. The molecular formula is C14H14N2O2. The summed E-state index contributed by atoms with van der Waals surface area (Å²) in [5.41, 5.74) is 2.16. The van der Waals surface area contributed by atoms with Crippen molar-refractivity contribution < 1.29 is 9.90 Å². The van der Waals surface area contributed by atoms with E-state index in [9.17, 15) is 4.79 Å². The molecule has 0 unspecified atom stereocenters. The zero-order valence-corrected chi connectivity index (χ0v) is 9.84. The van der Waals surface area contributed by atoms with Crippen molar-refractivity contribution in [1.82, 2.24) is 10.3 Å². The average Bonchev–Trinajstić information content (AvgIpc) is 2.38. The van der Waals surface area contributed by atoms with Crippen LogP contribution >= 0.6 is 0 Å². The number of pyridine rings is 1. The minimum Gasteiger partial charge on any atom is -0.478 e. The number of carboxylic acid groups (broad SMARTS) is 1. The van der Waals surface area contributed by atoms with Gasteiger partial charge in [-0.2, -0.15) is 0 Å². The molecule has 1 aromatic heterocycles. The van der Waals surface area contributed by atoms with Gasteiger partial charge in [-0.3, -0.25) is 4.98 Å². The molecule has 1 aromatic carbocycles. The Hall–Kier alpha value is -2.36. The fourth-order valence-electron chi connectivity index (χ4n) is 1.79. The number of carboxylic acids is 1. The van der Waals surface area contributed by atoms with Gasteiger partial charge in [0.2, 0.25) is 0 Å². The number of fused-ring (bicyclic) bond motifs is 1. The van der Waals surface area contributed by atoms with E-state index in [4.69, 9.17) is 5.11 Å². The summed E-state index contributed by atoms with van der Waals surface area (Å²) in [4.78, 5) is 14.6. The molecule has 0 atom stereocenters. The Morgan fingerprint density at radius 2 is 2.17 bits per heavy atom. The van der Waals surface area contributed by atoms with Gasteiger partial charge >= 0.3 is 5.97 Å². The molecule has 0 bridgehead atoms. The summed E-state index contributed by atoms with van der Waals surface area (Å²) in [6.45, 7) is 0.680. The van der Waals surface area contributed by atoms with Crippen molar-refractivity contribution >= 4 is 16.9 Å². The average molecular weight is 242 g/mol. The number of aromatic nitrogens is 1. The molecule has 4 nitrogen and oxygen atoms in total. The van der Waals surface area contributed by atoms with Gasteiger partial charge in [0, 0.05) is 30.4 Å². The smallest absolute Gasteiger partial charge is 0.329 e. The molecule has 18 heavy (non-hydrogen) atoms. The minimum absolute atomic E-state index is 0.680. The lowest BCUT2D eigenvalue weighted by molar-refractivity contribution is -0.131. The molecule has 4 heteroatoms. The Balaban J connectivity index is 2.01. The summed E-state index contributed by atoms with van der Waals surface area (Å²) in [7, 11) is 0. The Morgan fingerprint density at radius 3 is 3.00 bits per heavy atom. The zero-order valence-electron chi connectivity index (χ0n) is 9.84. The van der Waals surface area contributed by atoms with E-state index in [0.717, 1.165) is 29.0 Å². The van der Waals surface area contributed by atoms with Gasteiger partial charge in [0.05, 0.1) is 5.52 Å². The Bertz CT molecular complexity index is 574. The number of nitrogens with zero attached hydrogens (tertiary/aromatic N) is 1. The number of carbonyl (C=O) groups is 1. The van der Waals surface area contributed by atoms with Gasteiger partial charge in [-0.1, -0.05) is 24.3 Å². The van der Waals surface area contributed by atoms with E-state index >= 15 is 0 Å². The lowest BCUT2D eigenvalue weighted by atomic mass is 10.1. The molecule has 0 aliphatic heterocycles. The van der Waals surface area contributed by atoms with E-state index in [2.05, 4.69) is 10.3 Å². The fraction of sp³-hybridized carbons (Fsp3) is 0.143. The normalized spacial score (nSPS) is 10.9. The first-order valence-electron chi connectivity index (χ1n) is 5.73. The van der Waals surface area contributed by atoms with Crippen LogP contribution in [0.5, 0.6) is 0 Å². The Morgan fingerprint density at radius 1 is 1.33 bits per heavy atom. The van der Waals surface area contributed by atoms with Crippen molar-refractivity contribution in [1.29, 1.82) is 0 Å². The summed E-state index contributed by atoms with van der Waals surface area (Å²) >= 11 is 0. The van der Waals surface area contributed by atoms with Crippen LogP contribution < -0.4 is 5.32 Å². The topological polar surface area (TPSA) is 62.2 Å². The van der Waals surface area contributed by atoms with E-state index in [1.807, 2.05) is 30.3 Å². The van der Waals surface area contributed by atoms with E-state index in [0.29, 0.717) is 6.54 Å². The summed E-state index contributed by atoms with van der Waals surface area (Å²) in [5.74, 6) is -0.950. The standard InChI is InChI=1S/C14H14N2O2/c17-13(18)7-10-15-9-6-12-4-1-3-11-5-2-8-16-14(11)12/h1-5,7-8,10,15H,6,9H2,(H,17,18)/b10-7+. The van der Waals surface area contributed by atoms with Crippen molar-refractivity contribution in [3.8, 4) is 0 Å². The van der Waals surface area contributed by atoms with Gasteiger partial charge < -0.3 is 10.4 Å². The molecule has 0 saturated heterocycles. The number of para-hydroxylation sites is 1. The van der Waals surface area contributed by atoms with Crippen LogP contribution in [0.2, 0.25) is 0 Å². The number of hydrogen-bond acceptors (Lipinski definition) is 3. The third-order valence-corrected chi connectivity index (χ3v) is 2.60. The zero-order chi connectivity index (χ0) is 12.8. The molecule has 2 N–H and O–H groups in total. The first-order valence-corrected chi connectivity index (χ1v) is 5.73. The van der Waals surface area contributed by atoms with Crippen LogP contribution in [0.3, 0.4) is 0 Å². The van der Waals surface area contributed by atoms with Crippen LogP contribution in [0.15, 0.2) is 48.8 Å². The highest BCUT2D eigenvalue weighted by Gasteiger charge is 2.00. The second-order valence-corrected chi connectivity index (χ2v) is 3.87. The second-order valence-electron chi connectivity index (χ2n) is 3.87. The monoisotopic (exact) mass is 242 g/mol. The van der Waals surface area contributed by atoms with Crippen molar-refractivity contribution in [2.75, 3.05) is 6.54 Å². The highest BCUT2D eigenvalue weighted by atomic mass is 16.4. The first-order chi connectivity index (χ1) is 8.77. The molecule has 1 heterocycles. The van der Waals surface area contributed by atoms with Gasteiger partial charge in [-0.15, -0.1) is 0 Å². The predicted octanol–water partition coefficient (Wildman–Crippen LogP) is 1.97.